The van der Waals surface area contributed by atoms with Gasteiger partial charge in [-0.05, 0) is 23.1 Å². The minimum atomic E-state index is -2.70. The third-order valence-electron chi connectivity index (χ3n) is 4.64. The Balaban J connectivity index is 2.24. The van der Waals surface area contributed by atoms with Gasteiger partial charge in [-0.25, -0.2) is 0 Å². The van der Waals surface area contributed by atoms with E-state index in [4.69, 9.17) is 0 Å². The second-order valence-electron chi connectivity index (χ2n) is 6.28. The van der Waals surface area contributed by atoms with Crippen LogP contribution in [0.25, 0.3) is 0 Å². The quantitative estimate of drug-likeness (QED) is 0.478. The minimum absolute atomic E-state index is 0.175. The first kappa shape index (κ1) is 17.4. The summed E-state index contributed by atoms with van der Waals surface area (Å²) in [5.74, 6) is -2.70. The molecule has 25 heavy (non-hydrogen) atoms. The summed E-state index contributed by atoms with van der Waals surface area (Å²) < 4.78 is 0. The number of hydrogen-bond donors (Lipinski definition) is 3. The Bertz CT molecular complexity index is 681. The third kappa shape index (κ3) is 3.80. The maximum Gasteiger partial charge on any atom is 0.275 e. The summed E-state index contributed by atoms with van der Waals surface area (Å²) in [5.41, 5.74) is 2.52. The predicted molar refractivity (Wildman–Crippen MR) is 97.8 cm³/mol. The van der Waals surface area contributed by atoms with E-state index in [0.29, 0.717) is 6.42 Å². The van der Waals surface area contributed by atoms with Crippen LogP contribution in [0.5, 0.6) is 0 Å². The topological polar surface area (TPSA) is 60.7 Å². The number of rotatable bonds is 6. The molecule has 0 aliphatic rings. The van der Waals surface area contributed by atoms with Crippen molar-refractivity contribution in [1.29, 1.82) is 0 Å². The molecule has 0 atom stereocenters. The normalized spacial score (nSPS) is 12.1. The Kier molecular flexibility index (Phi) is 5.00. The highest BCUT2D eigenvalue weighted by Gasteiger charge is 2.38. The Morgan fingerprint density at radius 2 is 0.800 bits per heavy atom. The van der Waals surface area contributed by atoms with E-state index in [1.807, 2.05) is 91.0 Å². The summed E-state index contributed by atoms with van der Waals surface area (Å²) >= 11 is 0. The van der Waals surface area contributed by atoms with Gasteiger partial charge in [0.05, 0.1) is 0 Å². The van der Waals surface area contributed by atoms with Gasteiger partial charge in [-0.15, -0.1) is 0 Å². The SMILES string of the molecule is OC(O)(O)CCC(c1ccccc1)(c1ccccc1)c1ccccc1. The van der Waals surface area contributed by atoms with E-state index < -0.39 is 11.4 Å². The van der Waals surface area contributed by atoms with E-state index in [0.717, 1.165) is 16.7 Å². The zero-order valence-corrected chi connectivity index (χ0v) is 13.9. The van der Waals surface area contributed by atoms with Gasteiger partial charge >= 0.3 is 0 Å². The van der Waals surface area contributed by atoms with Crippen molar-refractivity contribution in [2.24, 2.45) is 0 Å². The van der Waals surface area contributed by atoms with E-state index in [1.54, 1.807) is 0 Å². The van der Waals surface area contributed by atoms with Gasteiger partial charge in [0.25, 0.3) is 5.97 Å². The lowest BCUT2D eigenvalue weighted by Crippen LogP contribution is -2.35. The lowest BCUT2D eigenvalue weighted by molar-refractivity contribution is -0.315. The van der Waals surface area contributed by atoms with E-state index in [9.17, 15) is 15.3 Å². The van der Waals surface area contributed by atoms with Gasteiger partial charge in [0, 0.05) is 11.8 Å². The molecule has 0 aliphatic carbocycles. The first-order valence-corrected chi connectivity index (χ1v) is 8.36. The number of aliphatic hydroxyl groups is 3. The summed E-state index contributed by atoms with van der Waals surface area (Å²) in [4.78, 5) is 0. The van der Waals surface area contributed by atoms with E-state index in [1.165, 1.54) is 0 Å². The van der Waals surface area contributed by atoms with Crippen molar-refractivity contribution < 1.29 is 15.3 Å². The monoisotopic (exact) mass is 334 g/mol. The molecule has 0 saturated carbocycles. The van der Waals surface area contributed by atoms with Crippen LogP contribution in [0, 0.1) is 0 Å². The van der Waals surface area contributed by atoms with Crippen molar-refractivity contribution in [3.8, 4) is 0 Å². The highest BCUT2D eigenvalue weighted by atomic mass is 16.7. The largest absolute Gasteiger partial charge is 0.344 e. The zero-order chi connectivity index (χ0) is 17.8. The van der Waals surface area contributed by atoms with E-state index >= 15 is 0 Å². The molecule has 0 saturated heterocycles. The van der Waals surface area contributed by atoms with Crippen molar-refractivity contribution in [2.75, 3.05) is 0 Å². The van der Waals surface area contributed by atoms with Crippen molar-refractivity contribution in [3.63, 3.8) is 0 Å². The van der Waals surface area contributed by atoms with E-state index in [-0.39, 0.29) is 6.42 Å². The predicted octanol–water partition coefficient (Wildman–Crippen LogP) is 3.43. The van der Waals surface area contributed by atoms with Gasteiger partial charge in [0.2, 0.25) is 0 Å². The zero-order valence-electron chi connectivity index (χ0n) is 13.9. The minimum Gasteiger partial charge on any atom is -0.344 e. The summed E-state index contributed by atoms with van der Waals surface area (Å²) in [5, 5.41) is 28.6. The molecule has 0 fully saturated rings. The summed E-state index contributed by atoms with van der Waals surface area (Å²) in [6, 6.07) is 29.9. The molecule has 3 aromatic carbocycles. The number of benzene rings is 3. The molecule has 0 heterocycles. The van der Waals surface area contributed by atoms with Crippen LogP contribution < -0.4 is 0 Å². The molecule has 0 amide bonds. The molecule has 0 spiro atoms. The molecule has 128 valence electrons. The molecule has 0 radical (unpaired) electrons. The summed E-state index contributed by atoms with van der Waals surface area (Å²) in [6.07, 6.45) is 0.167. The lowest BCUT2D eigenvalue weighted by Gasteiger charge is -2.37. The number of hydrogen-bond acceptors (Lipinski definition) is 3. The molecule has 0 aromatic heterocycles. The Hall–Kier alpha value is -2.46. The highest BCUT2D eigenvalue weighted by Crippen LogP contribution is 2.43. The summed E-state index contributed by atoms with van der Waals surface area (Å²) in [7, 11) is 0. The summed E-state index contributed by atoms with van der Waals surface area (Å²) in [6.45, 7) is 0. The first-order chi connectivity index (χ1) is 12.0. The molecule has 0 aliphatic heterocycles. The van der Waals surface area contributed by atoms with Crippen LogP contribution in [-0.2, 0) is 5.41 Å². The molecule has 3 aromatic rings. The van der Waals surface area contributed by atoms with Crippen LogP contribution in [0.1, 0.15) is 29.5 Å². The lowest BCUT2D eigenvalue weighted by atomic mass is 9.66. The van der Waals surface area contributed by atoms with Gasteiger partial charge in [0.1, 0.15) is 0 Å². The second-order valence-corrected chi connectivity index (χ2v) is 6.28. The fourth-order valence-electron chi connectivity index (χ4n) is 3.46. The molecule has 0 unspecified atom stereocenters. The van der Waals surface area contributed by atoms with Gasteiger partial charge in [0.15, 0.2) is 0 Å². The Morgan fingerprint density at radius 3 is 1.08 bits per heavy atom. The van der Waals surface area contributed by atoms with Crippen molar-refractivity contribution in [1.82, 2.24) is 0 Å². The molecule has 0 bridgehead atoms. The van der Waals surface area contributed by atoms with E-state index in [2.05, 4.69) is 0 Å². The van der Waals surface area contributed by atoms with Crippen LogP contribution >= 0.6 is 0 Å². The fourth-order valence-corrected chi connectivity index (χ4v) is 3.46. The second kappa shape index (κ2) is 7.19. The van der Waals surface area contributed by atoms with Crippen LogP contribution in [0.3, 0.4) is 0 Å². The van der Waals surface area contributed by atoms with Crippen LogP contribution in [0.4, 0.5) is 0 Å². The van der Waals surface area contributed by atoms with Crippen molar-refractivity contribution in [3.05, 3.63) is 108 Å². The fraction of sp³-hybridized carbons (Fsp3) is 0.182. The maximum absolute atomic E-state index is 9.53. The average Bonchev–Trinajstić information content (AvgIpc) is 2.64. The van der Waals surface area contributed by atoms with Crippen LogP contribution in [0.2, 0.25) is 0 Å². The Morgan fingerprint density at radius 1 is 0.480 bits per heavy atom. The van der Waals surface area contributed by atoms with Gasteiger partial charge in [-0.2, -0.15) is 0 Å². The molecular formula is C22H22O3. The van der Waals surface area contributed by atoms with Crippen molar-refractivity contribution >= 4 is 0 Å². The highest BCUT2D eigenvalue weighted by molar-refractivity contribution is 5.50. The first-order valence-electron chi connectivity index (χ1n) is 8.36. The molecule has 3 rings (SSSR count). The van der Waals surface area contributed by atoms with Crippen LogP contribution in [-0.4, -0.2) is 21.3 Å². The molecular weight excluding hydrogens is 312 g/mol. The standard InChI is InChI=1S/C22H22O3/c23-22(24,25)17-16-21(18-10-4-1-5-11-18,19-12-6-2-7-13-19)20-14-8-3-9-15-20/h1-15,23-25H,16-17H2. The molecule has 3 heteroatoms. The molecule has 3 nitrogen and oxygen atoms in total. The van der Waals surface area contributed by atoms with Gasteiger partial charge in [-0.1, -0.05) is 91.0 Å². The Labute approximate surface area is 147 Å². The van der Waals surface area contributed by atoms with Gasteiger partial charge in [-0.3, -0.25) is 0 Å². The molecule has 3 N–H and O–H groups in total. The third-order valence-corrected chi connectivity index (χ3v) is 4.64. The van der Waals surface area contributed by atoms with Gasteiger partial charge < -0.3 is 15.3 Å². The smallest absolute Gasteiger partial charge is 0.275 e. The average molecular weight is 334 g/mol. The maximum atomic E-state index is 9.53. The van der Waals surface area contributed by atoms with Crippen molar-refractivity contribution in [2.45, 2.75) is 24.2 Å². The van der Waals surface area contributed by atoms with Crippen LogP contribution in [0.15, 0.2) is 91.0 Å².